The first-order chi connectivity index (χ1) is 15.4. The fourth-order valence-corrected chi connectivity index (χ4v) is 6.06. The fourth-order valence-electron chi connectivity index (χ4n) is 3.05. The molecule has 0 fully saturated rings. The van der Waals surface area contributed by atoms with E-state index in [0.29, 0.717) is 28.2 Å². The predicted molar refractivity (Wildman–Crippen MR) is 138 cm³/mol. The van der Waals surface area contributed by atoms with Crippen LogP contribution in [0.25, 0.3) is 0 Å². The molecule has 0 amide bonds. The van der Waals surface area contributed by atoms with Crippen molar-refractivity contribution in [3.63, 3.8) is 0 Å². The molecule has 1 N–H and O–H groups in total. The Kier molecular flexibility index (Phi) is 10.4. The van der Waals surface area contributed by atoms with Crippen LogP contribution in [0, 0.1) is 13.8 Å². The number of halogens is 1. The molecule has 33 heavy (non-hydrogen) atoms. The van der Waals surface area contributed by atoms with E-state index < -0.39 is 22.1 Å². The number of carbonyl (C=O) groups is 1. The number of nitrogens with zero attached hydrogens (tertiary/aromatic N) is 3. The number of hydrogen-bond acceptors (Lipinski definition) is 9. The first-order valence-electron chi connectivity index (χ1n) is 10.5. The number of ether oxygens (including phenoxy) is 1. The smallest absolute Gasteiger partial charge is 0.326 e. The van der Waals surface area contributed by atoms with Crippen molar-refractivity contribution in [2.75, 3.05) is 12.9 Å². The van der Waals surface area contributed by atoms with E-state index in [1.165, 1.54) is 16.3 Å². The molecule has 184 valence electrons. The molecule has 0 saturated carbocycles. The number of hydrogen-bond donors (Lipinski definition) is 1. The van der Waals surface area contributed by atoms with E-state index in [4.69, 9.17) is 4.74 Å². The van der Waals surface area contributed by atoms with Crippen molar-refractivity contribution in [2.24, 2.45) is 0 Å². The summed E-state index contributed by atoms with van der Waals surface area (Å²) in [5.74, 6) is -0.485. The van der Waals surface area contributed by atoms with Crippen LogP contribution < -0.4 is 10.3 Å². The molecule has 0 aromatic carbocycles. The van der Waals surface area contributed by atoms with Gasteiger partial charge in [0.15, 0.2) is 5.16 Å². The highest BCUT2D eigenvalue weighted by Gasteiger charge is 2.31. The van der Waals surface area contributed by atoms with Gasteiger partial charge in [0.1, 0.15) is 15.8 Å². The lowest BCUT2D eigenvalue weighted by atomic mass is 10.1. The van der Waals surface area contributed by atoms with Gasteiger partial charge in [0.2, 0.25) is 0 Å². The minimum Gasteiger partial charge on any atom is -0.598 e. The van der Waals surface area contributed by atoms with Crippen LogP contribution in [-0.2, 0) is 33.9 Å². The molecule has 0 aliphatic heterocycles. The van der Waals surface area contributed by atoms with Crippen molar-refractivity contribution in [1.82, 2.24) is 19.3 Å². The normalized spacial score (nSPS) is 13.7. The van der Waals surface area contributed by atoms with Gasteiger partial charge in [0.05, 0.1) is 29.0 Å². The van der Waals surface area contributed by atoms with Gasteiger partial charge < -0.3 is 9.29 Å². The van der Waals surface area contributed by atoms with Crippen LogP contribution in [0.1, 0.15) is 61.4 Å². The molecule has 2 aromatic heterocycles. The lowest BCUT2D eigenvalue weighted by Gasteiger charge is -2.28. The van der Waals surface area contributed by atoms with Crippen molar-refractivity contribution in [2.45, 2.75) is 76.9 Å². The lowest BCUT2D eigenvalue weighted by molar-refractivity contribution is -0.144. The maximum absolute atomic E-state index is 13.0. The molecule has 1 unspecified atom stereocenters. The van der Waals surface area contributed by atoms with Crippen LogP contribution in [0.4, 0.5) is 0 Å². The molecule has 2 heterocycles. The molecular formula is C21H31BrN4O4S3. The fraction of sp³-hybridized carbons (Fsp3) is 0.619. The molecule has 2 rings (SSSR count). The zero-order chi connectivity index (χ0) is 24.9. The Morgan fingerprint density at radius 2 is 2.03 bits per heavy atom. The summed E-state index contributed by atoms with van der Waals surface area (Å²) in [5, 5.41) is 1.39. The Bertz CT molecular complexity index is 1040. The zero-order valence-corrected chi connectivity index (χ0v) is 24.0. The summed E-state index contributed by atoms with van der Waals surface area (Å²) in [6, 6.07) is -0.204. The largest absolute Gasteiger partial charge is 0.598 e. The highest BCUT2D eigenvalue weighted by molar-refractivity contribution is 9.10. The summed E-state index contributed by atoms with van der Waals surface area (Å²) in [6.07, 6.45) is 2.85. The SMILES string of the molecule is CCOC(=O)Cn1c(SC)nc(CC[C@H](N[S+]([O-])C(C)(C)C)c2sc(C)nc2C)c(Br)c1=O. The third-order valence-corrected chi connectivity index (χ3v) is 8.93. The van der Waals surface area contributed by atoms with E-state index in [0.717, 1.165) is 15.6 Å². The number of carbonyl (C=O) groups excluding carboxylic acids is 1. The highest BCUT2D eigenvalue weighted by atomic mass is 79.9. The molecule has 0 saturated heterocycles. The van der Waals surface area contributed by atoms with Gasteiger partial charge in [0, 0.05) is 16.2 Å². The number of esters is 1. The number of nitrogens with one attached hydrogen (secondary N) is 1. The first kappa shape index (κ1) is 28.3. The van der Waals surface area contributed by atoms with E-state index in [1.807, 2.05) is 34.6 Å². The van der Waals surface area contributed by atoms with E-state index in [-0.39, 0.29) is 24.8 Å². The molecule has 2 atom stereocenters. The third-order valence-electron chi connectivity index (χ3n) is 4.65. The second-order valence-corrected chi connectivity index (χ2v) is 13.1. The maximum atomic E-state index is 13.0. The number of thioether (sulfide) groups is 1. The summed E-state index contributed by atoms with van der Waals surface area (Å²) in [5.41, 5.74) is 1.17. The van der Waals surface area contributed by atoms with E-state index >= 15 is 0 Å². The van der Waals surface area contributed by atoms with Gasteiger partial charge in [0.25, 0.3) is 5.56 Å². The van der Waals surface area contributed by atoms with Gasteiger partial charge in [-0.1, -0.05) is 11.8 Å². The molecular weight excluding hydrogens is 548 g/mol. The Morgan fingerprint density at radius 3 is 2.55 bits per heavy atom. The summed E-state index contributed by atoms with van der Waals surface area (Å²) in [7, 11) is 0. The summed E-state index contributed by atoms with van der Waals surface area (Å²) < 4.78 is 22.3. The number of aromatic nitrogens is 3. The molecule has 12 heteroatoms. The van der Waals surface area contributed by atoms with E-state index in [1.54, 1.807) is 24.5 Å². The van der Waals surface area contributed by atoms with E-state index in [9.17, 15) is 14.1 Å². The Labute approximate surface area is 214 Å². The topological polar surface area (TPSA) is 109 Å². The highest BCUT2D eigenvalue weighted by Crippen LogP contribution is 2.31. The van der Waals surface area contributed by atoms with Gasteiger partial charge in [-0.25, -0.2) is 9.97 Å². The zero-order valence-electron chi connectivity index (χ0n) is 20.0. The average Bonchev–Trinajstić information content (AvgIpc) is 3.07. The second kappa shape index (κ2) is 12.2. The average molecular weight is 580 g/mol. The van der Waals surface area contributed by atoms with Crippen LogP contribution in [0.2, 0.25) is 0 Å². The first-order valence-corrected chi connectivity index (χ1v) is 14.5. The monoisotopic (exact) mass is 578 g/mol. The number of rotatable bonds is 10. The predicted octanol–water partition coefficient (Wildman–Crippen LogP) is 4.09. The molecule has 0 aliphatic carbocycles. The lowest BCUT2D eigenvalue weighted by Crippen LogP contribution is -2.41. The van der Waals surface area contributed by atoms with Crippen molar-refractivity contribution in [3.05, 3.63) is 36.1 Å². The minimum atomic E-state index is -1.28. The Hall–Kier alpha value is -0.920. The maximum Gasteiger partial charge on any atom is 0.326 e. The quantitative estimate of drug-likeness (QED) is 0.194. The summed E-state index contributed by atoms with van der Waals surface area (Å²) >= 11 is 4.98. The van der Waals surface area contributed by atoms with Gasteiger partial charge in [-0.2, -0.15) is 0 Å². The summed E-state index contributed by atoms with van der Waals surface area (Å²) in [4.78, 5) is 35.1. The van der Waals surface area contributed by atoms with Crippen molar-refractivity contribution in [1.29, 1.82) is 0 Å². The second-order valence-electron chi connectivity index (χ2n) is 8.33. The molecule has 8 nitrogen and oxygen atoms in total. The van der Waals surface area contributed by atoms with Gasteiger partial charge >= 0.3 is 5.97 Å². The van der Waals surface area contributed by atoms with Gasteiger partial charge in [-0.05, 0) is 76.6 Å². The van der Waals surface area contributed by atoms with Gasteiger partial charge in [-0.3, -0.25) is 14.2 Å². The van der Waals surface area contributed by atoms with Crippen molar-refractivity contribution in [3.8, 4) is 0 Å². The van der Waals surface area contributed by atoms with Crippen LogP contribution >= 0.6 is 39.0 Å². The molecule has 0 bridgehead atoms. The molecule has 0 radical (unpaired) electrons. The van der Waals surface area contributed by atoms with Crippen molar-refractivity contribution < 1.29 is 14.1 Å². The van der Waals surface area contributed by atoms with Crippen LogP contribution in [0.15, 0.2) is 14.4 Å². The molecule has 2 aromatic rings. The Morgan fingerprint density at radius 1 is 1.36 bits per heavy atom. The minimum absolute atomic E-state index is 0.192. The number of aryl methyl sites for hydroxylation is 3. The standard InChI is InChI=1S/C21H31BrN4O4S3/c1-8-30-16(27)11-26-19(28)17(22)14(24-20(26)31-7)9-10-15(25-33(29)21(4,5)6)18-12(2)23-13(3)32-18/h15,25H,8-11H2,1-7H3/t15-,33?/m0/s1. The molecule has 0 aliphatic rings. The third kappa shape index (κ3) is 7.53. The Balaban J connectivity index is 2.34. The van der Waals surface area contributed by atoms with Crippen LogP contribution in [-0.4, -0.2) is 42.7 Å². The van der Waals surface area contributed by atoms with Crippen LogP contribution in [0.3, 0.4) is 0 Å². The van der Waals surface area contributed by atoms with E-state index in [2.05, 4.69) is 30.6 Å². The number of thiazole rings is 1. The van der Waals surface area contributed by atoms with Gasteiger partial charge in [-0.15, -0.1) is 16.1 Å². The van der Waals surface area contributed by atoms with Crippen LogP contribution in [0.5, 0.6) is 0 Å². The summed E-state index contributed by atoms with van der Waals surface area (Å²) in [6.45, 7) is 11.4. The molecule has 0 spiro atoms. The van der Waals surface area contributed by atoms with Crippen molar-refractivity contribution >= 4 is 56.4 Å².